The Balaban J connectivity index is 2.83. The molecule has 0 bridgehead atoms. The van der Waals surface area contributed by atoms with E-state index in [1.54, 1.807) is 0 Å². The molecule has 1 fully saturated rings. The minimum absolute atomic E-state index is 0.163. The summed E-state index contributed by atoms with van der Waals surface area (Å²) in [4.78, 5) is 0. The Morgan fingerprint density at radius 3 is 2.55 bits per heavy atom. The van der Waals surface area contributed by atoms with Crippen LogP contribution >= 0.6 is 0 Å². The van der Waals surface area contributed by atoms with E-state index < -0.39 is 15.4 Å². The van der Waals surface area contributed by atoms with Gasteiger partial charge in [-0.15, -0.1) is 6.58 Å². The normalized spacial score (nSPS) is 36.5. The van der Waals surface area contributed by atoms with Crippen LogP contribution < -0.4 is 0 Å². The Labute approximate surface area is 66.7 Å². The van der Waals surface area contributed by atoms with Gasteiger partial charge in [0, 0.05) is 0 Å². The van der Waals surface area contributed by atoms with Crippen LogP contribution in [0, 0.1) is 0 Å². The fourth-order valence-corrected chi connectivity index (χ4v) is 3.04. The highest BCUT2D eigenvalue weighted by atomic mass is 32.2. The smallest absolute Gasteiger partial charge is 0.153 e. The third-order valence-electron chi connectivity index (χ3n) is 1.91. The molecule has 0 aromatic rings. The van der Waals surface area contributed by atoms with Gasteiger partial charge in [-0.05, 0) is 12.8 Å². The molecule has 0 spiro atoms. The highest BCUT2D eigenvalue weighted by molar-refractivity contribution is 7.91. The van der Waals surface area contributed by atoms with Gasteiger partial charge in [0.2, 0.25) is 0 Å². The number of hydrogen-bond donors (Lipinski definition) is 1. The molecular formula is C7H12O3S. The summed E-state index contributed by atoms with van der Waals surface area (Å²) >= 11 is 0. The third-order valence-corrected chi connectivity index (χ3v) is 3.77. The van der Waals surface area contributed by atoms with E-state index in [-0.39, 0.29) is 11.5 Å². The molecule has 0 aromatic carbocycles. The maximum atomic E-state index is 11.0. The molecule has 0 aromatic heterocycles. The van der Waals surface area contributed by atoms with Crippen molar-refractivity contribution in [3.8, 4) is 0 Å². The lowest BCUT2D eigenvalue weighted by Crippen LogP contribution is -2.40. The predicted octanol–water partition coefficient (Wildman–Crippen LogP) is 0.112. The van der Waals surface area contributed by atoms with Crippen molar-refractivity contribution in [3.63, 3.8) is 0 Å². The van der Waals surface area contributed by atoms with Crippen molar-refractivity contribution in [1.29, 1.82) is 0 Å². The van der Waals surface area contributed by atoms with Gasteiger partial charge in [0.25, 0.3) is 0 Å². The molecule has 0 radical (unpaired) electrons. The fraction of sp³-hybridized carbons (Fsp3) is 0.714. The molecule has 1 N–H and O–H groups in total. The lowest BCUT2D eigenvalue weighted by Gasteiger charge is -2.28. The van der Waals surface area contributed by atoms with Crippen molar-refractivity contribution in [2.45, 2.75) is 18.4 Å². The predicted molar refractivity (Wildman–Crippen MR) is 43.0 cm³/mol. The Hall–Kier alpha value is -0.350. The summed E-state index contributed by atoms with van der Waals surface area (Å²) in [6.45, 7) is 3.41. The molecule has 11 heavy (non-hydrogen) atoms. The topological polar surface area (TPSA) is 54.4 Å². The zero-order valence-electron chi connectivity index (χ0n) is 6.28. The molecule has 0 amide bonds. The molecule has 1 atom stereocenters. The number of hydrogen-bond acceptors (Lipinski definition) is 3. The zero-order valence-corrected chi connectivity index (χ0v) is 7.10. The van der Waals surface area contributed by atoms with E-state index in [1.807, 2.05) is 0 Å². The van der Waals surface area contributed by atoms with Gasteiger partial charge in [0.15, 0.2) is 9.84 Å². The molecule has 0 aliphatic carbocycles. The van der Waals surface area contributed by atoms with Crippen molar-refractivity contribution >= 4 is 9.84 Å². The first kappa shape index (κ1) is 8.74. The van der Waals surface area contributed by atoms with Crippen LogP contribution in [0.5, 0.6) is 0 Å². The standard InChI is InChI=1S/C7H12O3S/c1-2-7(8)4-3-5-11(9,10)6-7/h2,8H,1,3-6H2. The van der Waals surface area contributed by atoms with Crippen molar-refractivity contribution in [2.24, 2.45) is 0 Å². The molecule has 1 unspecified atom stereocenters. The first-order valence-corrected chi connectivity index (χ1v) is 5.36. The van der Waals surface area contributed by atoms with Crippen LogP contribution in [0.4, 0.5) is 0 Å². The van der Waals surface area contributed by atoms with Crippen LogP contribution in [0.15, 0.2) is 12.7 Å². The first-order chi connectivity index (χ1) is 4.97. The fourth-order valence-electron chi connectivity index (χ4n) is 1.28. The van der Waals surface area contributed by atoms with Gasteiger partial charge in [0.1, 0.15) is 0 Å². The van der Waals surface area contributed by atoms with Crippen molar-refractivity contribution in [2.75, 3.05) is 11.5 Å². The molecule has 4 heteroatoms. The van der Waals surface area contributed by atoms with Crippen molar-refractivity contribution < 1.29 is 13.5 Å². The van der Waals surface area contributed by atoms with Gasteiger partial charge >= 0.3 is 0 Å². The van der Waals surface area contributed by atoms with E-state index in [0.717, 1.165) is 0 Å². The molecule has 1 rings (SSSR count). The third kappa shape index (κ3) is 2.04. The largest absolute Gasteiger partial charge is 0.385 e. The molecule has 0 saturated carbocycles. The highest BCUT2D eigenvalue weighted by Gasteiger charge is 2.34. The number of rotatable bonds is 1. The summed E-state index contributed by atoms with van der Waals surface area (Å²) in [7, 11) is -3.02. The molecule has 1 saturated heterocycles. The van der Waals surface area contributed by atoms with Gasteiger partial charge in [-0.25, -0.2) is 8.42 Å². The van der Waals surface area contributed by atoms with Crippen LogP contribution in [0.2, 0.25) is 0 Å². The van der Waals surface area contributed by atoms with Crippen molar-refractivity contribution in [1.82, 2.24) is 0 Å². The maximum Gasteiger partial charge on any atom is 0.153 e. The van der Waals surface area contributed by atoms with Gasteiger partial charge in [0.05, 0.1) is 17.1 Å². The number of sulfone groups is 1. The highest BCUT2D eigenvalue weighted by Crippen LogP contribution is 2.23. The summed E-state index contributed by atoms with van der Waals surface area (Å²) in [5, 5.41) is 9.52. The lowest BCUT2D eigenvalue weighted by atomic mass is 10.0. The van der Waals surface area contributed by atoms with Gasteiger partial charge in [-0.1, -0.05) is 6.08 Å². The minimum Gasteiger partial charge on any atom is -0.385 e. The summed E-state index contributed by atoms with van der Waals surface area (Å²) in [6.07, 6.45) is 2.37. The second kappa shape index (κ2) is 2.60. The molecular weight excluding hydrogens is 164 g/mol. The maximum absolute atomic E-state index is 11.0. The van der Waals surface area contributed by atoms with Gasteiger partial charge in [-0.3, -0.25) is 0 Å². The Morgan fingerprint density at radius 2 is 2.18 bits per heavy atom. The average Bonchev–Trinajstić information content (AvgIpc) is 1.85. The lowest BCUT2D eigenvalue weighted by molar-refractivity contribution is 0.100. The van der Waals surface area contributed by atoms with E-state index in [0.29, 0.717) is 12.8 Å². The van der Waals surface area contributed by atoms with Gasteiger partial charge in [-0.2, -0.15) is 0 Å². The Bertz CT molecular complexity index is 255. The van der Waals surface area contributed by atoms with Crippen LogP contribution in [0.1, 0.15) is 12.8 Å². The van der Waals surface area contributed by atoms with Gasteiger partial charge < -0.3 is 5.11 Å². The molecule has 64 valence electrons. The summed E-state index contributed by atoms with van der Waals surface area (Å²) in [6, 6.07) is 0. The van der Waals surface area contributed by atoms with E-state index in [9.17, 15) is 13.5 Å². The minimum atomic E-state index is -3.02. The van der Waals surface area contributed by atoms with E-state index >= 15 is 0 Å². The molecule has 3 nitrogen and oxygen atoms in total. The SMILES string of the molecule is C=CC1(O)CCCS(=O)(=O)C1. The summed E-state index contributed by atoms with van der Waals surface area (Å²) in [5.74, 6) is 0.0344. The first-order valence-electron chi connectivity index (χ1n) is 3.54. The molecule has 1 aliphatic heterocycles. The monoisotopic (exact) mass is 176 g/mol. The summed E-state index contributed by atoms with van der Waals surface area (Å²) < 4.78 is 22.0. The van der Waals surface area contributed by atoms with Crippen LogP contribution in [-0.4, -0.2) is 30.6 Å². The Kier molecular flexibility index (Phi) is 2.07. The van der Waals surface area contributed by atoms with Crippen molar-refractivity contribution in [3.05, 3.63) is 12.7 Å². The molecule has 1 heterocycles. The van der Waals surface area contributed by atoms with Crippen LogP contribution in [0.3, 0.4) is 0 Å². The molecule has 1 aliphatic rings. The van der Waals surface area contributed by atoms with E-state index in [1.165, 1.54) is 6.08 Å². The van der Waals surface area contributed by atoms with Crippen LogP contribution in [-0.2, 0) is 9.84 Å². The average molecular weight is 176 g/mol. The second-order valence-corrected chi connectivity index (χ2v) is 5.19. The van der Waals surface area contributed by atoms with Crippen LogP contribution in [0.25, 0.3) is 0 Å². The number of aliphatic hydroxyl groups is 1. The summed E-state index contributed by atoms with van der Waals surface area (Å²) in [5.41, 5.74) is -1.17. The van der Waals surface area contributed by atoms with E-state index in [2.05, 4.69) is 6.58 Å². The zero-order chi connectivity index (χ0) is 8.54. The van der Waals surface area contributed by atoms with E-state index in [4.69, 9.17) is 0 Å². The second-order valence-electron chi connectivity index (χ2n) is 3.00. The Morgan fingerprint density at radius 1 is 1.55 bits per heavy atom. The quantitative estimate of drug-likeness (QED) is 0.577.